The van der Waals surface area contributed by atoms with E-state index in [0.29, 0.717) is 5.69 Å². The highest BCUT2D eigenvalue weighted by Crippen LogP contribution is 2.28. The average molecular weight is 469 g/mol. The maximum Gasteiger partial charge on any atom is 0.248 e. The number of hydrogen-bond acceptors (Lipinski definition) is 4. The van der Waals surface area contributed by atoms with Gasteiger partial charge in [0.25, 0.3) is 0 Å². The molecule has 0 aliphatic heterocycles. The molecule has 0 saturated carbocycles. The third kappa shape index (κ3) is 5.82. The van der Waals surface area contributed by atoms with Crippen molar-refractivity contribution in [3.8, 4) is 16.9 Å². The summed E-state index contributed by atoms with van der Waals surface area (Å²) in [5.74, 6) is -0.555. The van der Waals surface area contributed by atoms with E-state index in [1.807, 2.05) is 90.6 Å². The van der Waals surface area contributed by atoms with Crippen LogP contribution in [-0.4, -0.2) is 27.3 Å². The first-order chi connectivity index (χ1) is 16.5. The summed E-state index contributed by atoms with van der Waals surface area (Å²) in [4.78, 5) is 24.6. The van der Waals surface area contributed by atoms with Crippen molar-refractivity contribution >= 4 is 35.3 Å². The predicted octanol–water partition coefficient (Wildman–Crippen LogP) is 5.08. The van der Waals surface area contributed by atoms with Gasteiger partial charge in [0.15, 0.2) is 0 Å². The maximum atomic E-state index is 12.7. The Morgan fingerprint density at radius 1 is 1.00 bits per heavy atom. The van der Waals surface area contributed by atoms with E-state index in [1.165, 1.54) is 17.8 Å². The minimum atomic E-state index is -0.412. The lowest BCUT2D eigenvalue weighted by Gasteiger charge is -2.08. The smallest absolute Gasteiger partial charge is 0.248 e. The SMILES string of the molecule is Cc1ccc(-c2nn(-c3ccccc3)cc2C=CC(=O)Nc2ccccc2SCC(N)=O)cc1. The Morgan fingerprint density at radius 3 is 2.44 bits per heavy atom. The fraction of sp³-hybridized carbons (Fsp3) is 0.0741. The van der Waals surface area contributed by atoms with Crippen molar-refractivity contribution in [2.75, 3.05) is 11.1 Å². The van der Waals surface area contributed by atoms with Gasteiger partial charge in [0.05, 0.1) is 22.8 Å². The number of nitrogens with zero attached hydrogens (tertiary/aromatic N) is 2. The summed E-state index contributed by atoms with van der Waals surface area (Å²) in [6.45, 7) is 2.04. The van der Waals surface area contributed by atoms with Crippen LogP contribution in [0.25, 0.3) is 23.0 Å². The lowest BCUT2D eigenvalue weighted by atomic mass is 10.1. The van der Waals surface area contributed by atoms with Crippen LogP contribution in [0.5, 0.6) is 0 Å². The molecule has 0 aliphatic carbocycles. The van der Waals surface area contributed by atoms with Crippen LogP contribution in [0.3, 0.4) is 0 Å². The third-order valence-corrected chi connectivity index (χ3v) is 6.11. The third-order valence-electron chi connectivity index (χ3n) is 5.02. The fourth-order valence-corrected chi connectivity index (χ4v) is 4.09. The molecule has 4 rings (SSSR count). The van der Waals surface area contributed by atoms with Crippen LogP contribution < -0.4 is 11.1 Å². The number of thioether (sulfide) groups is 1. The van der Waals surface area contributed by atoms with Crippen LogP contribution in [-0.2, 0) is 9.59 Å². The predicted molar refractivity (Wildman–Crippen MR) is 138 cm³/mol. The quantitative estimate of drug-likeness (QED) is 0.279. The molecule has 3 aromatic carbocycles. The molecule has 4 aromatic rings. The molecule has 34 heavy (non-hydrogen) atoms. The number of aryl methyl sites for hydroxylation is 1. The lowest BCUT2D eigenvalue weighted by Crippen LogP contribution is -2.13. The number of para-hydroxylation sites is 2. The van der Waals surface area contributed by atoms with Gasteiger partial charge in [0.2, 0.25) is 11.8 Å². The second-order valence-corrected chi connectivity index (χ2v) is 8.67. The van der Waals surface area contributed by atoms with Gasteiger partial charge in [-0.15, -0.1) is 11.8 Å². The van der Waals surface area contributed by atoms with E-state index in [9.17, 15) is 9.59 Å². The van der Waals surface area contributed by atoms with Crippen molar-refractivity contribution in [1.29, 1.82) is 0 Å². The van der Waals surface area contributed by atoms with Gasteiger partial charge >= 0.3 is 0 Å². The van der Waals surface area contributed by atoms with E-state index >= 15 is 0 Å². The second kappa shape index (κ2) is 10.7. The van der Waals surface area contributed by atoms with Gasteiger partial charge in [0.1, 0.15) is 0 Å². The zero-order chi connectivity index (χ0) is 23.9. The zero-order valence-electron chi connectivity index (χ0n) is 18.6. The maximum absolute atomic E-state index is 12.7. The first kappa shape index (κ1) is 23.1. The molecular weight excluding hydrogens is 444 g/mol. The molecule has 0 unspecified atom stereocenters. The zero-order valence-corrected chi connectivity index (χ0v) is 19.5. The normalized spacial score (nSPS) is 11.0. The summed E-state index contributed by atoms with van der Waals surface area (Å²) in [5.41, 5.74) is 10.5. The highest BCUT2D eigenvalue weighted by Gasteiger charge is 2.12. The van der Waals surface area contributed by atoms with Gasteiger partial charge in [-0.2, -0.15) is 5.10 Å². The van der Waals surface area contributed by atoms with Gasteiger partial charge in [-0.3, -0.25) is 9.59 Å². The number of amides is 2. The molecule has 7 heteroatoms. The van der Waals surface area contributed by atoms with Crippen LogP contribution in [0.1, 0.15) is 11.1 Å². The molecule has 3 N–H and O–H groups in total. The molecule has 1 heterocycles. The van der Waals surface area contributed by atoms with Crippen molar-refractivity contribution in [3.63, 3.8) is 0 Å². The molecule has 170 valence electrons. The molecule has 0 bridgehead atoms. The number of nitrogens with one attached hydrogen (secondary N) is 1. The Morgan fingerprint density at radius 2 is 1.71 bits per heavy atom. The molecule has 0 aliphatic rings. The number of primary amides is 1. The number of nitrogens with two attached hydrogens (primary N) is 1. The molecule has 0 fully saturated rings. The molecule has 1 aromatic heterocycles. The van der Waals surface area contributed by atoms with Crippen LogP contribution in [0.15, 0.2) is 96.0 Å². The molecular formula is C27H24N4O2S. The Balaban J connectivity index is 1.60. The Kier molecular flexibility index (Phi) is 7.25. The van der Waals surface area contributed by atoms with Gasteiger partial charge in [0, 0.05) is 28.3 Å². The van der Waals surface area contributed by atoms with E-state index in [2.05, 4.69) is 5.32 Å². The molecule has 0 atom stereocenters. The largest absolute Gasteiger partial charge is 0.369 e. The molecule has 2 amide bonds. The number of hydrogen-bond donors (Lipinski definition) is 2. The second-order valence-electron chi connectivity index (χ2n) is 7.65. The Bertz CT molecular complexity index is 1330. The summed E-state index contributed by atoms with van der Waals surface area (Å²) >= 11 is 1.29. The number of rotatable bonds is 8. The van der Waals surface area contributed by atoms with Crippen LogP contribution in [0.4, 0.5) is 5.69 Å². The monoisotopic (exact) mass is 468 g/mol. The highest BCUT2D eigenvalue weighted by atomic mass is 32.2. The van der Waals surface area contributed by atoms with E-state index in [4.69, 9.17) is 10.8 Å². The molecule has 0 saturated heterocycles. The molecule has 0 radical (unpaired) electrons. The average Bonchev–Trinajstić information content (AvgIpc) is 3.27. The summed E-state index contributed by atoms with van der Waals surface area (Å²) in [5, 5.41) is 7.67. The van der Waals surface area contributed by atoms with Gasteiger partial charge in [-0.05, 0) is 37.3 Å². The standard InChI is InChI=1S/C27H24N4O2S/c1-19-11-13-20(14-12-19)27-21(17-31(30-27)22-7-3-2-4-8-22)15-16-26(33)29-23-9-5-6-10-24(23)34-18-25(28)32/h2-17H,18H2,1H3,(H2,28,32)(H,29,33). The van der Waals surface area contributed by atoms with E-state index in [1.54, 1.807) is 12.1 Å². The van der Waals surface area contributed by atoms with Gasteiger partial charge in [-0.25, -0.2) is 4.68 Å². The Hall–Kier alpha value is -4.10. The number of carbonyl (C=O) groups is 2. The van der Waals surface area contributed by atoms with Crippen LogP contribution in [0, 0.1) is 6.92 Å². The number of anilines is 1. The number of carbonyl (C=O) groups excluding carboxylic acids is 2. The summed E-state index contributed by atoms with van der Waals surface area (Å²) in [7, 11) is 0. The molecule has 0 spiro atoms. The summed E-state index contributed by atoms with van der Waals surface area (Å²) in [6.07, 6.45) is 5.15. The van der Waals surface area contributed by atoms with Gasteiger partial charge in [-0.1, -0.05) is 60.2 Å². The number of benzene rings is 3. The van der Waals surface area contributed by atoms with E-state index in [-0.39, 0.29) is 11.7 Å². The number of aromatic nitrogens is 2. The highest BCUT2D eigenvalue weighted by molar-refractivity contribution is 8.00. The van der Waals surface area contributed by atoms with E-state index < -0.39 is 5.91 Å². The first-order valence-corrected chi connectivity index (χ1v) is 11.7. The molecule has 6 nitrogen and oxygen atoms in total. The summed E-state index contributed by atoms with van der Waals surface area (Å²) in [6, 6.07) is 25.3. The summed E-state index contributed by atoms with van der Waals surface area (Å²) < 4.78 is 1.81. The van der Waals surface area contributed by atoms with Crippen molar-refractivity contribution in [1.82, 2.24) is 9.78 Å². The first-order valence-electron chi connectivity index (χ1n) is 10.7. The lowest BCUT2D eigenvalue weighted by molar-refractivity contribution is -0.115. The van der Waals surface area contributed by atoms with Gasteiger partial charge < -0.3 is 11.1 Å². The topological polar surface area (TPSA) is 90.0 Å². The van der Waals surface area contributed by atoms with E-state index in [0.717, 1.165) is 33.0 Å². The minimum Gasteiger partial charge on any atom is -0.369 e. The Labute approximate surface area is 202 Å². The van der Waals surface area contributed by atoms with Crippen molar-refractivity contribution in [2.24, 2.45) is 5.73 Å². The van der Waals surface area contributed by atoms with Crippen molar-refractivity contribution in [3.05, 3.63) is 102 Å². The minimum absolute atomic E-state index is 0.140. The van der Waals surface area contributed by atoms with Crippen molar-refractivity contribution < 1.29 is 9.59 Å². The van der Waals surface area contributed by atoms with Crippen LogP contribution >= 0.6 is 11.8 Å². The van der Waals surface area contributed by atoms with Crippen LogP contribution in [0.2, 0.25) is 0 Å². The van der Waals surface area contributed by atoms with Crippen molar-refractivity contribution in [2.45, 2.75) is 11.8 Å². The fourth-order valence-electron chi connectivity index (χ4n) is 3.34.